The lowest BCUT2D eigenvalue weighted by atomic mass is 10.00. The molecule has 1 atom stereocenters. The van der Waals surface area contributed by atoms with Gasteiger partial charge in [0.05, 0.1) is 26.9 Å². The van der Waals surface area contributed by atoms with E-state index in [1.165, 1.54) is 0 Å². The Labute approximate surface area is 103 Å². The van der Waals surface area contributed by atoms with Crippen LogP contribution < -0.4 is 14.8 Å². The Morgan fingerprint density at radius 2 is 2.00 bits per heavy atom. The van der Waals surface area contributed by atoms with Gasteiger partial charge in [0.1, 0.15) is 11.5 Å². The highest BCUT2D eigenvalue weighted by Crippen LogP contribution is 2.32. The number of aryl methyl sites for hydroxylation is 1. The quantitative estimate of drug-likeness (QED) is 0.792. The van der Waals surface area contributed by atoms with Crippen LogP contribution in [0.3, 0.4) is 0 Å². The zero-order chi connectivity index (χ0) is 12.8. The first-order valence-electron chi connectivity index (χ1n) is 5.74. The SMILES string of the molecule is CCNC(CO)c1c(C)cc(OC)cc1OC. The van der Waals surface area contributed by atoms with Gasteiger partial charge in [0, 0.05) is 11.6 Å². The molecule has 0 aliphatic heterocycles. The Morgan fingerprint density at radius 3 is 2.47 bits per heavy atom. The molecule has 4 heteroatoms. The van der Waals surface area contributed by atoms with E-state index >= 15 is 0 Å². The van der Waals surface area contributed by atoms with Crippen molar-refractivity contribution >= 4 is 0 Å². The van der Waals surface area contributed by atoms with Crippen molar-refractivity contribution in [2.45, 2.75) is 19.9 Å². The van der Waals surface area contributed by atoms with Crippen LogP contribution in [0, 0.1) is 6.92 Å². The molecule has 96 valence electrons. The number of aliphatic hydroxyl groups excluding tert-OH is 1. The van der Waals surface area contributed by atoms with Crippen LogP contribution >= 0.6 is 0 Å². The maximum atomic E-state index is 9.43. The number of hydrogen-bond donors (Lipinski definition) is 2. The summed E-state index contributed by atoms with van der Waals surface area (Å²) in [4.78, 5) is 0. The van der Waals surface area contributed by atoms with E-state index in [2.05, 4.69) is 5.32 Å². The molecule has 0 aliphatic carbocycles. The van der Waals surface area contributed by atoms with E-state index in [9.17, 15) is 5.11 Å². The maximum Gasteiger partial charge on any atom is 0.127 e. The molecule has 17 heavy (non-hydrogen) atoms. The minimum Gasteiger partial charge on any atom is -0.497 e. The normalized spacial score (nSPS) is 12.3. The predicted molar refractivity (Wildman–Crippen MR) is 67.8 cm³/mol. The van der Waals surface area contributed by atoms with Gasteiger partial charge in [-0.15, -0.1) is 0 Å². The number of benzene rings is 1. The Hall–Kier alpha value is -1.26. The number of rotatable bonds is 6. The lowest BCUT2D eigenvalue weighted by Crippen LogP contribution is -2.25. The predicted octanol–water partition coefficient (Wildman–Crippen LogP) is 1.66. The second-order valence-corrected chi connectivity index (χ2v) is 3.85. The first-order chi connectivity index (χ1) is 8.17. The molecule has 0 aliphatic rings. The maximum absolute atomic E-state index is 9.43. The Bertz CT molecular complexity index is 366. The zero-order valence-corrected chi connectivity index (χ0v) is 10.9. The monoisotopic (exact) mass is 239 g/mol. The molecular formula is C13H21NO3. The molecule has 0 fully saturated rings. The standard InChI is InChI=1S/C13H21NO3/c1-5-14-11(8-15)13-9(2)6-10(16-3)7-12(13)17-4/h6-7,11,14-15H,5,8H2,1-4H3. The smallest absolute Gasteiger partial charge is 0.127 e. The minimum absolute atomic E-state index is 0.0391. The molecule has 1 aromatic carbocycles. The summed E-state index contributed by atoms with van der Waals surface area (Å²) < 4.78 is 10.6. The molecule has 0 heterocycles. The van der Waals surface area contributed by atoms with Crippen LogP contribution in [0.15, 0.2) is 12.1 Å². The van der Waals surface area contributed by atoms with Gasteiger partial charge in [-0.3, -0.25) is 0 Å². The van der Waals surface area contributed by atoms with Crippen molar-refractivity contribution in [2.24, 2.45) is 0 Å². The summed E-state index contributed by atoms with van der Waals surface area (Å²) in [6, 6.07) is 3.67. The summed E-state index contributed by atoms with van der Waals surface area (Å²) >= 11 is 0. The summed E-state index contributed by atoms with van der Waals surface area (Å²) in [5.74, 6) is 1.50. The number of aliphatic hydroxyl groups is 1. The van der Waals surface area contributed by atoms with Gasteiger partial charge in [-0.05, 0) is 25.1 Å². The molecule has 0 spiro atoms. The van der Waals surface area contributed by atoms with Gasteiger partial charge >= 0.3 is 0 Å². The van der Waals surface area contributed by atoms with E-state index < -0.39 is 0 Å². The van der Waals surface area contributed by atoms with E-state index in [1.807, 2.05) is 26.0 Å². The molecule has 0 saturated heterocycles. The Morgan fingerprint density at radius 1 is 1.29 bits per heavy atom. The van der Waals surface area contributed by atoms with Crippen molar-refractivity contribution in [3.05, 3.63) is 23.3 Å². The summed E-state index contributed by atoms with van der Waals surface area (Å²) in [5.41, 5.74) is 2.03. The number of hydrogen-bond acceptors (Lipinski definition) is 4. The van der Waals surface area contributed by atoms with Crippen molar-refractivity contribution in [1.29, 1.82) is 0 Å². The van der Waals surface area contributed by atoms with E-state index in [-0.39, 0.29) is 12.6 Å². The van der Waals surface area contributed by atoms with Crippen LogP contribution in [0.2, 0.25) is 0 Å². The topological polar surface area (TPSA) is 50.7 Å². The Kier molecular flexibility index (Phi) is 5.25. The number of methoxy groups -OCH3 is 2. The van der Waals surface area contributed by atoms with E-state index in [4.69, 9.17) is 9.47 Å². The van der Waals surface area contributed by atoms with E-state index in [0.29, 0.717) is 0 Å². The number of ether oxygens (including phenoxy) is 2. The van der Waals surface area contributed by atoms with Crippen LogP contribution in [-0.4, -0.2) is 32.5 Å². The largest absolute Gasteiger partial charge is 0.497 e. The third-order valence-electron chi connectivity index (χ3n) is 2.76. The van der Waals surface area contributed by atoms with Crippen LogP contribution in [0.1, 0.15) is 24.1 Å². The second kappa shape index (κ2) is 6.47. The molecular weight excluding hydrogens is 218 g/mol. The van der Waals surface area contributed by atoms with Crippen molar-refractivity contribution in [1.82, 2.24) is 5.32 Å². The molecule has 1 rings (SSSR count). The molecule has 0 radical (unpaired) electrons. The molecule has 2 N–H and O–H groups in total. The molecule has 0 amide bonds. The lowest BCUT2D eigenvalue weighted by molar-refractivity contribution is 0.242. The fourth-order valence-corrected chi connectivity index (χ4v) is 1.97. The fourth-order valence-electron chi connectivity index (χ4n) is 1.97. The van der Waals surface area contributed by atoms with Crippen molar-refractivity contribution in [2.75, 3.05) is 27.4 Å². The van der Waals surface area contributed by atoms with Crippen molar-refractivity contribution in [3.63, 3.8) is 0 Å². The molecule has 0 saturated carbocycles. The van der Waals surface area contributed by atoms with Crippen LogP contribution in [0.25, 0.3) is 0 Å². The summed E-state index contributed by atoms with van der Waals surface area (Å²) in [6.07, 6.45) is 0. The van der Waals surface area contributed by atoms with Crippen molar-refractivity contribution < 1.29 is 14.6 Å². The first kappa shape index (κ1) is 13.8. The van der Waals surface area contributed by atoms with Gasteiger partial charge in [-0.2, -0.15) is 0 Å². The second-order valence-electron chi connectivity index (χ2n) is 3.85. The van der Waals surface area contributed by atoms with Crippen molar-refractivity contribution in [3.8, 4) is 11.5 Å². The van der Waals surface area contributed by atoms with E-state index in [0.717, 1.165) is 29.2 Å². The Balaban J connectivity index is 3.20. The summed E-state index contributed by atoms with van der Waals surface area (Å²) in [5, 5.41) is 12.7. The molecule has 4 nitrogen and oxygen atoms in total. The average Bonchev–Trinajstić information content (AvgIpc) is 2.35. The first-order valence-corrected chi connectivity index (χ1v) is 5.74. The third-order valence-corrected chi connectivity index (χ3v) is 2.76. The third kappa shape index (κ3) is 3.11. The van der Waals surface area contributed by atoms with Gasteiger partial charge in [-0.1, -0.05) is 6.92 Å². The zero-order valence-electron chi connectivity index (χ0n) is 10.9. The molecule has 1 unspecified atom stereocenters. The fraction of sp³-hybridized carbons (Fsp3) is 0.538. The van der Waals surface area contributed by atoms with Gasteiger partial charge in [0.15, 0.2) is 0 Å². The highest BCUT2D eigenvalue weighted by Gasteiger charge is 2.18. The van der Waals surface area contributed by atoms with Crippen LogP contribution in [-0.2, 0) is 0 Å². The summed E-state index contributed by atoms with van der Waals surface area (Å²) in [6.45, 7) is 4.82. The van der Waals surface area contributed by atoms with Gasteiger partial charge < -0.3 is 19.9 Å². The van der Waals surface area contributed by atoms with Crippen LogP contribution in [0.5, 0.6) is 11.5 Å². The minimum atomic E-state index is -0.110. The van der Waals surface area contributed by atoms with Gasteiger partial charge in [0.25, 0.3) is 0 Å². The summed E-state index contributed by atoms with van der Waals surface area (Å²) in [7, 11) is 3.25. The van der Waals surface area contributed by atoms with Gasteiger partial charge in [-0.25, -0.2) is 0 Å². The van der Waals surface area contributed by atoms with Crippen LogP contribution in [0.4, 0.5) is 0 Å². The number of nitrogens with one attached hydrogen (secondary N) is 1. The number of likely N-dealkylation sites (N-methyl/N-ethyl adjacent to an activating group) is 1. The average molecular weight is 239 g/mol. The lowest BCUT2D eigenvalue weighted by Gasteiger charge is -2.21. The molecule has 1 aromatic rings. The van der Waals surface area contributed by atoms with E-state index in [1.54, 1.807) is 14.2 Å². The molecule has 0 aromatic heterocycles. The molecule has 0 bridgehead atoms. The van der Waals surface area contributed by atoms with Gasteiger partial charge in [0.2, 0.25) is 0 Å². The highest BCUT2D eigenvalue weighted by atomic mass is 16.5. The highest BCUT2D eigenvalue weighted by molar-refractivity contribution is 5.48.